The van der Waals surface area contributed by atoms with Crippen molar-refractivity contribution in [1.29, 1.82) is 0 Å². The number of thiophene rings is 1. The monoisotopic (exact) mass is 315 g/mol. The summed E-state index contributed by atoms with van der Waals surface area (Å²) in [5.41, 5.74) is -0.00650. The first-order valence-corrected chi connectivity index (χ1v) is 8.10. The van der Waals surface area contributed by atoms with Gasteiger partial charge in [0.2, 0.25) is 0 Å². The second-order valence-electron chi connectivity index (χ2n) is 4.69. The normalized spacial score (nSPS) is 18.2. The lowest BCUT2D eigenvalue weighted by Gasteiger charge is -2.27. The number of carbonyl (C=O) groups is 1. The van der Waals surface area contributed by atoms with E-state index in [2.05, 4.69) is 34.2 Å². The topological polar surface area (TPSA) is 29.1 Å². The Morgan fingerprint density at radius 1 is 1.47 bits per heavy atom. The molecular weight excluding hydrogens is 298 g/mol. The predicted octanol–water partition coefficient (Wildman–Crippen LogP) is 3.75. The molecule has 4 heteroatoms. The molecule has 0 unspecified atom stereocenters. The van der Waals surface area contributed by atoms with Gasteiger partial charge in [0.15, 0.2) is 0 Å². The number of amides is 1. The summed E-state index contributed by atoms with van der Waals surface area (Å²) in [5.74, 6) is 0.0936. The Kier molecular flexibility index (Phi) is 4.26. The van der Waals surface area contributed by atoms with Gasteiger partial charge in [-0.15, -0.1) is 11.3 Å². The molecule has 1 fully saturated rings. The summed E-state index contributed by atoms with van der Waals surface area (Å²) in [5, 5.41) is 4.08. The molecule has 94 valence electrons. The van der Waals surface area contributed by atoms with Crippen molar-refractivity contribution in [3.05, 3.63) is 21.9 Å². The van der Waals surface area contributed by atoms with E-state index in [9.17, 15) is 4.79 Å². The zero-order valence-corrected chi connectivity index (χ0v) is 12.5. The zero-order chi connectivity index (χ0) is 12.3. The van der Waals surface area contributed by atoms with Gasteiger partial charge in [-0.2, -0.15) is 0 Å². The quantitative estimate of drug-likeness (QED) is 0.842. The van der Waals surface area contributed by atoms with Gasteiger partial charge in [0.25, 0.3) is 5.91 Å². The van der Waals surface area contributed by atoms with E-state index in [0.29, 0.717) is 0 Å². The number of carbonyl (C=O) groups excluding carboxylic acids is 1. The fourth-order valence-electron chi connectivity index (χ4n) is 2.34. The third kappa shape index (κ3) is 2.91. The Morgan fingerprint density at radius 2 is 2.18 bits per heavy atom. The van der Waals surface area contributed by atoms with Gasteiger partial charge in [-0.25, -0.2) is 0 Å². The molecule has 2 rings (SSSR count). The van der Waals surface area contributed by atoms with Crippen LogP contribution in [0.5, 0.6) is 0 Å². The summed E-state index contributed by atoms with van der Waals surface area (Å²) in [6, 6.07) is 3.99. The Balaban J connectivity index is 2.05. The average Bonchev–Trinajstić information content (AvgIpc) is 2.97. The van der Waals surface area contributed by atoms with Gasteiger partial charge < -0.3 is 5.32 Å². The smallest absolute Gasteiger partial charge is 0.261 e. The Bertz CT molecular complexity index is 396. The summed E-state index contributed by atoms with van der Waals surface area (Å²) in [6.45, 7) is 2.12. The van der Waals surface area contributed by atoms with Crippen molar-refractivity contribution in [1.82, 2.24) is 5.32 Å². The van der Waals surface area contributed by atoms with Crippen LogP contribution in [0.25, 0.3) is 0 Å². The van der Waals surface area contributed by atoms with Crippen LogP contribution in [-0.4, -0.2) is 16.8 Å². The molecule has 0 radical (unpaired) electrons. The first kappa shape index (κ1) is 13.1. The van der Waals surface area contributed by atoms with Crippen LogP contribution in [0.15, 0.2) is 12.1 Å². The molecule has 1 saturated carbocycles. The number of rotatable bonds is 4. The van der Waals surface area contributed by atoms with E-state index < -0.39 is 0 Å². The summed E-state index contributed by atoms with van der Waals surface area (Å²) >= 11 is 5.15. The molecule has 0 atom stereocenters. The summed E-state index contributed by atoms with van der Waals surface area (Å²) in [7, 11) is 0. The van der Waals surface area contributed by atoms with Crippen LogP contribution in [-0.2, 0) is 6.42 Å². The SMILES string of the molecule is CCc1ccc(C(=O)NC2(CBr)CCCC2)s1. The highest BCUT2D eigenvalue weighted by Crippen LogP contribution is 2.32. The van der Waals surface area contributed by atoms with E-state index in [1.54, 1.807) is 11.3 Å². The lowest BCUT2D eigenvalue weighted by Crippen LogP contribution is -2.47. The summed E-state index contributed by atoms with van der Waals surface area (Å²) < 4.78 is 0. The molecule has 0 saturated heterocycles. The van der Waals surface area contributed by atoms with Gasteiger partial charge in [-0.3, -0.25) is 4.79 Å². The van der Waals surface area contributed by atoms with Crippen LogP contribution >= 0.6 is 27.3 Å². The molecule has 0 aromatic carbocycles. The molecule has 0 spiro atoms. The van der Waals surface area contributed by atoms with Crippen molar-refractivity contribution in [2.75, 3.05) is 5.33 Å². The number of hydrogen-bond acceptors (Lipinski definition) is 2. The molecule has 1 aromatic heterocycles. The van der Waals surface area contributed by atoms with Crippen molar-refractivity contribution in [3.63, 3.8) is 0 Å². The number of hydrogen-bond donors (Lipinski definition) is 1. The fraction of sp³-hybridized carbons (Fsp3) is 0.615. The minimum absolute atomic E-state index is 0.00650. The van der Waals surface area contributed by atoms with Crippen LogP contribution in [0.4, 0.5) is 0 Å². The van der Waals surface area contributed by atoms with Crippen LogP contribution < -0.4 is 5.32 Å². The predicted molar refractivity (Wildman–Crippen MR) is 76.2 cm³/mol. The van der Waals surface area contributed by atoms with Gasteiger partial charge in [0.05, 0.1) is 10.4 Å². The minimum Gasteiger partial charge on any atom is -0.345 e. The third-order valence-corrected chi connectivity index (χ3v) is 5.73. The number of halogens is 1. The van der Waals surface area contributed by atoms with Crippen molar-refractivity contribution in [2.45, 2.75) is 44.6 Å². The first-order valence-electron chi connectivity index (χ1n) is 6.16. The second-order valence-corrected chi connectivity index (χ2v) is 6.42. The molecule has 1 aliphatic rings. The van der Waals surface area contributed by atoms with Gasteiger partial charge in [-0.05, 0) is 31.4 Å². The van der Waals surface area contributed by atoms with Gasteiger partial charge >= 0.3 is 0 Å². The number of nitrogens with one attached hydrogen (secondary N) is 1. The van der Waals surface area contributed by atoms with Crippen LogP contribution in [0.3, 0.4) is 0 Å². The zero-order valence-electron chi connectivity index (χ0n) is 10.1. The van der Waals surface area contributed by atoms with E-state index >= 15 is 0 Å². The Hall–Kier alpha value is -0.350. The highest BCUT2D eigenvalue weighted by molar-refractivity contribution is 9.09. The van der Waals surface area contributed by atoms with Crippen LogP contribution in [0, 0.1) is 0 Å². The van der Waals surface area contributed by atoms with E-state index in [4.69, 9.17) is 0 Å². The summed E-state index contributed by atoms with van der Waals surface area (Å²) in [6.07, 6.45) is 5.63. The molecule has 1 N–H and O–H groups in total. The molecule has 1 aliphatic carbocycles. The van der Waals surface area contributed by atoms with Gasteiger partial charge in [-0.1, -0.05) is 35.7 Å². The van der Waals surface area contributed by atoms with E-state index in [1.165, 1.54) is 17.7 Å². The molecular formula is C13H18BrNOS. The lowest BCUT2D eigenvalue weighted by atomic mass is 10.0. The fourth-order valence-corrected chi connectivity index (χ4v) is 3.88. The first-order chi connectivity index (χ1) is 8.19. The lowest BCUT2D eigenvalue weighted by molar-refractivity contribution is 0.0914. The number of alkyl halides is 1. The third-order valence-electron chi connectivity index (χ3n) is 3.43. The Labute approximate surface area is 115 Å². The van der Waals surface area contributed by atoms with Gasteiger partial charge in [0.1, 0.15) is 0 Å². The highest BCUT2D eigenvalue weighted by Gasteiger charge is 2.34. The van der Waals surface area contributed by atoms with E-state index in [0.717, 1.165) is 29.5 Å². The van der Waals surface area contributed by atoms with Gasteiger partial charge in [0, 0.05) is 10.2 Å². The average molecular weight is 316 g/mol. The minimum atomic E-state index is -0.00650. The molecule has 17 heavy (non-hydrogen) atoms. The molecule has 0 bridgehead atoms. The second kappa shape index (κ2) is 5.53. The van der Waals surface area contributed by atoms with E-state index in [1.807, 2.05) is 6.07 Å². The molecule has 1 amide bonds. The van der Waals surface area contributed by atoms with Crippen molar-refractivity contribution < 1.29 is 4.79 Å². The summed E-state index contributed by atoms with van der Waals surface area (Å²) in [4.78, 5) is 14.3. The standard InChI is InChI=1S/C13H18BrNOS/c1-2-10-5-6-11(17-10)12(16)15-13(9-14)7-3-4-8-13/h5-6H,2-4,7-9H2,1H3,(H,15,16). The maximum atomic E-state index is 12.2. The maximum Gasteiger partial charge on any atom is 0.261 e. The van der Waals surface area contributed by atoms with Crippen molar-refractivity contribution in [3.8, 4) is 0 Å². The van der Waals surface area contributed by atoms with Crippen molar-refractivity contribution >= 4 is 33.2 Å². The Morgan fingerprint density at radius 3 is 2.71 bits per heavy atom. The highest BCUT2D eigenvalue weighted by atomic mass is 79.9. The van der Waals surface area contributed by atoms with Crippen LogP contribution in [0.2, 0.25) is 0 Å². The largest absolute Gasteiger partial charge is 0.345 e. The molecule has 0 aliphatic heterocycles. The molecule has 1 aromatic rings. The molecule has 1 heterocycles. The van der Waals surface area contributed by atoms with Crippen molar-refractivity contribution in [2.24, 2.45) is 0 Å². The maximum absolute atomic E-state index is 12.2. The van der Waals surface area contributed by atoms with Crippen LogP contribution in [0.1, 0.15) is 47.2 Å². The molecule has 2 nitrogen and oxygen atoms in total. The van der Waals surface area contributed by atoms with E-state index in [-0.39, 0.29) is 11.4 Å². The number of aryl methyl sites for hydroxylation is 1.